The average Bonchev–Trinajstić information content (AvgIpc) is 2.49. The molecule has 0 radical (unpaired) electrons. The fourth-order valence-electron chi connectivity index (χ4n) is 2.87. The number of methoxy groups -OCH3 is 1. The summed E-state index contributed by atoms with van der Waals surface area (Å²) in [5.41, 5.74) is 7.74. The van der Waals surface area contributed by atoms with Gasteiger partial charge in [-0.2, -0.15) is 0 Å². The quantitative estimate of drug-likeness (QED) is 0.841. The summed E-state index contributed by atoms with van der Waals surface area (Å²) in [6.07, 6.45) is 2.62. The molecule has 0 saturated carbocycles. The minimum absolute atomic E-state index is 0.219. The molecular formula is C17H27N3O2. The zero-order valence-corrected chi connectivity index (χ0v) is 13.5. The minimum atomic E-state index is -0.639. The van der Waals surface area contributed by atoms with Gasteiger partial charge < -0.3 is 15.8 Å². The third kappa shape index (κ3) is 5.09. The molecule has 1 heterocycles. The summed E-state index contributed by atoms with van der Waals surface area (Å²) in [5, 5.41) is 2.81. The Labute approximate surface area is 132 Å². The average molecular weight is 305 g/mol. The van der Waals surface area contributed by atoms with Crippen molar-refractivity contribution in [2.75, 3.05) is 32.1 Å². The van der Waals surface area contributed by atoms with Gasteiger partial charge in [0.25, 0.3) is 0 Å². The zero-order chi connectivity index (χ0) is 15.9. The van der Waals surface area contributed by atoms with Crippen molar-refractivity contribution in [1.29, 1.82) is 0 Å². The molecule has 22 heavy (non-hydrogen) atoms. The van der Waals surface area contributed by atoms with Gasteiger partial charge in [0.2, 0.25) is 5.91 Å². The molecule has 1 saturated heterocycles. The highest BCUT2D eigenvalue weighted by Gasteiger charge is 2.16. The van der Waals surface area contributed by atoms with E-state index in [2.05, 4.69) is 29.3 Å². The molecule has 0 aliphatic carbocycles. The summed E-state index contributed by atoms with van der Waals surface area (Å²) >= 11 is 0. The fourth-order valence-corrected chi connectivity index (χ4v) is 2.87. The molecule has 2 atom stereocenters. The number of nitrogens with two attached hydrogens (primary N) is 1. The molecule has 122 valence electrons. The van der Waals surface area contributed by atoms with Crippen molar-refractivity contribution in [3.05, 3.63) is 29.8 Å². The number of hydrogen-bond donors (Lipinski definition) is 2. The van der Waals surface area contributed by atoms with E-state index in [4.69, 9.17) is 10.5 Å². The largest absolute Gasteiger partial charge is 0.383 e. The molecule has 1 fully saturated rings. The maximum atomic E-state index is 11.8. The number of rotatable bonds is 6. The molecule has 0 bridgehead atoms. The summed E-state index contributed by atoms with van der Waals surface area (Å²) in [6.45, 7) is 5.85. The number of carbonyl (C=O) groups is 1. The first-order valence-corrected chi connectivity index (χ1v) is 7.95. The Bertz CT molecular complexity index is 475. The highest BCUT2D eigenvalue weighted by atomic mass is 16.5. The molecule has 3 N–H and O–H groups in total. The van der Waals surface area contributed by atoms with Crippen molar-refractivity contribution in [3.63, 3.8) is 0 Å². The summed E-state index contributed by atoms with van der Waals surface area (Å²) in [4.78, 5) is 14.3. The van der Waals surface area contributed by atoms with Gasteiger partial charge in [0, 0.05) is 25.9 Å². The van der Waals surface area contributed by atoms with Crippen LogP contribution in [0, 0.1) is 5.92 Å². The summed E-state index contributed by atoms with van der Waals surface area (Å²) in [5.74, 6) is 0.564. The minimum Gasteiger partial charge on any atom is -0.383 e. The van der Waals surface area contributed by atoms with Crippen LogP contribution in [0.3, 0.4) is 0 Å². The molecule has 1 aromatic rings. The van der Waals surface area contributed by atoms with Gasteiger partial charge in [-0.05, 0) is 43.0 Å². The van der Waals surface area contributed by atoms with Crippen molar-refractivity contribution >= 4 is 11.6 Å². The number of benzene rings is 1. The number of nitrogens with zero attached hydrogens (tertiary/aromatic N) is 1. The van der Waals surface area contributed by atoms with Gasteiger partial charge in [-0.15, -0.1) is 0 Å². The number of ether oxygens (including phenoxy) is 1. The van der Waals surface area contributed by atoms with Gasteiger partial charge in [-0.25, -0.2) is 0 Å². The molecule has 0 aromatic heterocycles. The topological polar surface area (TPSA) is 67.6 Å². The van der Waals surface area contributed by atoms with Crippen molar-refractivity contribution < 1.29 is 9.53 Å². The Morgan fingerprint density at radius 1 is 1.45 bits per heavy atom. The predicted octanol–water partition coefficient (Wildman–Crippen LogP) is 1.83. The predicted molar refractivity (Wildman–Crippen MR) is 88.6 cm³/mol. The van der Waals surface area contributed by atoms with Crippen LogP contribution >= 0.6 is 0 Å². The van der Waals surface area contributed by atoms with Crippen LogP contribution < -0.4 is 11.1 Å². The van der Waals surface area contributed by atoms with Gasteiger partial charge >= 0.3 is 0 Å². The number of nitrogens with one attached hydrogen (secondary N) is 1. The molecule has 1 aliphatic heterocycles. The van der Waals surface area contributed by atoms with Gasteiger partial charge in [-0.1, -0.05) is 19.1 Å². The van der Waals surface area contributed by atoms with Crippen LogP contribution in [0.25, 0.3) is 0 Å². The first kappa shape index (κ1) is 16.9. The summed E-state index contributed by atoms with van der Waals surface area (Å²) in [6, 6.07) is 7.35. The maximum Gasteiger partial charge on any atom is 0.243 e. The smallest absolute Gasteiger partial charge is 0.243 e. The second kappa shape index (κ2) is 8.27. The van der Waals surface area contributed by atoms with E-state index < -0.39 is 6.04 Å². The normalized spacial score (nSPS) is 20.6. The Morgan fingerprint density at radius 3 is 2.82 bits per heavy atom. The molecule has 2 rings (SSSR count). The first-order valence-electron chi connectivity index (χ1n) is 7.95. The van der Waals surface area contributed by atoms with Gasteiger partial charge in [0.15, 0.2) is 0 Å². The molecule has 1 aromatic carbocycles. The highest BCUT2D eigenvalue weighted by Crippen LogP contribution is 2.18. The maximum absolute atomic E-state index is 11.8. The molecule has 5 heteroatoms. The number of anilines is 1. The van der Waals surface area contributed by atoms with E-state index in [1.54, 1.807) is 0 Å². The summed E-state index contributed by atoms with van der Waals surface area (Å²) in [7, 11) is 1.53. The van der Waals surface area contributed by atoms with Gasteiger partial charge in [0.1, 0.15) is 6.04 Å². The van der Waals surface area contributed by atoms with E-state index >= 15 is 0 Å². The number of carbonyl (C=O) groups excluding carboxylic acids is 1. The van der Waals surface area contributed by atoms with E-state index in [1.807, 2.05) is 12.1 Å². The van der Waals surface area contributed by atoms with E-state index in [-0.39, 0.29) is 12.5 Å². The number of hydrogen-bond acceptors (Lipinski definition) is 4. The molecule has 0 spiro atoms. The number of amides is 1. The van der Waals surface area contributed by atoms with Crippen LogP contribution in [-0.2, 0) is 16.1 Å². The molecule has 1 amide bonds. The fraction of sp³-hybridized carbons (Fsp3) is 0.588. The lowest BCUT2D eigenvalue weighted by atomic mass is 10.00. The van der Waals surface area contributed by atoms with Crippen LogP contribution in [-0.4, -0.2) is 43.7 Å². The SMILES string of the molecule is COCC(N)C(=O)Nc1ccc(CN2CCCC(C)C2)cc1. The van der Waals surface area contributed by atoms with Gasteiger partial charge in [0.05, 0.1) is 6.61 Å². The monoisotopic (exact) mass is 305 g/mol. The van der Waals surface area contributed by atoms with Crippen molar-refractivity contribution in [1.82, 2.24) is 4.90 Å². The van der Waals surface area contributed by atoms with E-state index in [0.717, 1.165) is 18.2 Å². The molecule has 5 nitrogen and oxygen atoms in total. The lowest BCUT2D eigenvalue weighted by Crippen LogP contribution is -2.39. The van der Waals surface area contributed by atoms with E-state index in [0.29, 0.717) is 0 Å². The van der Waals surface area contributed by atoms with E-state index in [1.165, 1.54) is 38.6 Å². The lowest BCUT2D eigenvalue weighted by molar-refractivity contribution is -0.118. The van der Waals surface area contributed by atoms with Crippen molar-refractivity contribution in [2.24, 2.45) is 11.7 Å². The van der Waals surface area contributed by atoms with Crippen LogP contribution in [0.15, 0.2) is 24.3 Å². The van der Waals surface area contributed by atoms with Gasteiger partial charge in [-0.3, -0.25) is 9.69 Å². The lowest BCUT2D eigenvalue weighted by Gasteiger charge is -2.30. The standard InChI is InChI=1S/C17H27N3O2/c1-13-4-3-9-20(10-13)11-14-5-7-15(8-6-14)19-17(21)16(18)12-22-2/h5-8,13,16H,3-4,9-12,18H2,1-2H3,(H,19,21). The molecular weight excluding hydrogens is 278 g/mol. The molecule has 1 aliphatic rings. The van der Waals surface area contributed by atoms with Crippen LogP contribution in [0.2, 0.25) is 0 Å². The zero-order valence-electron chi connectivity index (χ0n) is 13.5. The molecule has 2 unspecified atom stereocenters. The Hall–Kier alpha value is -1.43. The third-order valence-electron chi connectivity index (χ3n) is 4.05. The van der Waals surface area contributed by atoms with Crippen molar-refractivity contribution in [2.45, 2.75) is 32.4 Å². The Kier molecular flexibility index (Phi) is 6.36. The Balaban J connectivity index is 1.86. The van der Waals surface area contributed by atoms with Crippen LogP contribution in [0.1, 0.15) is 25.3 Å². The highest BCUT2D eigenvalue weighted by molar-refractivity contribution is 5.94. The third-order valence-corrected chi connectivity index (χ3v) is 4.05. The summed E-state index contributed by atoms with van der Waals surface area (Å²) < 4.78 is 4.88. The second-order valence-corrected chi connectivity index (χ2v) is 6.23. The van der Waals surface area contributed by atoms with Crippen molar-refractivity contribution in [3.8, 4) is 0 Å². The van der Waals surface area contributed by atoms with Crippen LogP contribution in [0.4, 0.5) is 5.69 Å². The number of piperidine rings is 1. The Morgan fingerprint density at radius 2 is 2.18 bits per heavy atom. The first-order chi connectivity index (χ1) is 10.6. The van der Waals surface area contributed by atoms with E-state index in [9.17, 15) is 4.79 Å². The van der Waals surface area contributed by atoms with Crippen LogP contribution in [0.5, 0.6) is 0 Å². The second-order valence-electron chi connectivity index (χ2n) is 6.23. The number of likely N-dealkylation sites (tertiary alicyclic amines) is 1.